The number of hydrogen-bond donors (Lipinski definition) is 4. The van der Waals surface area contributed by atoms with E-state index in [9.17, 15) is 8.42 Å². The summed E-state index contributed by atoms with van der Waals surface area (Å²) in [7, 11) is 16.8. The number of carbonyl (C=O) groups is 1. The number of benzene rings is 4. The molecule has 0 saturated heterocycles. The number of carbonyl (C=O) groups excluding carboxylic acids is 1. The minimum atomic E-state index is -3.72. The second-order valence-electron chi connectivity index (χ2n) is 10.3. The number of nitrogens with zero attached hydrogens (tertiary/aromatic N) is 2. The van der Waals surface area contributed by atoms with Crippen LogP contribution in [0.4, 0.5) is 11.4 Å². The van der Waals surface area contributed by atoms with Gasteiger partial charge in [0.2, 0.25) is 0 Å². The van der Waals surface area contributed by atoms with E-state index in [-0.39, 0.29) is 114 Å². The van der Waals surface area contributed by atoms with Gasteiger partial charge in [0.15, 0.2) is 18.3 Å². The topological polar surface area (TPSA) is 206 Å². The Morgan fingerprint density at radius 1 is 0.727 bits per heavy atom. The van der Waals surface area contributed by atoms with Crippen LogP contribution in [0.15, 0.2) is 77.7 Å². The second kappa shape index (κ2) is 38.0. The third-order valence-electron chi connectivity index (χ3n) is 6.22. The average molecular weight is 947 g/mol. The summed E-state index contributed by atoms with van der Waals surface area (Å²) in [5.74, 6) is 4.90. The van der Waals surface area contributed by atoms with Crippen molar-refractivity contribution in [3.05, 3.63) is 72.8 Å². The predicted octanol–water partition coefficient (Wildman–Crippen LogP) is 0.969. The quantitative estimate of drug-likeness (QED) is 0.0221. The molecular weight excluding hydrogens is 898 g/mol. The van der Waals surface area contributed by atoms with Crippen molar-refractivity contribution in [2.75, 3.05) is 87.2 Å². The van der Waals surface area contributed by atoms with E-state index in [0.717, 1.165) is 71.4 Å². The summed E-state index contributed by atoms with van der Waals surface area (Å²) in [5, 5.41) is 12.3. The molecule has 0 heterocycles. The van der Waals surface area contributed by atoms with Gasteiger partial charge in [0.1, 0.15) is 0 Å². The molecule has 0 bridgehead atoms. The molecule has 4 aromatic carbocycles. The first-order chi connectivity index (χ1) is 25.5. The Morgan fingerprint density at radius 3 is 1.53 bits per heavy atom. The zero-order valence-electron chi connectivity index (χ0n) is 32.0. The van der Waals surface area contributed by atoms with Gasteiger partial charge in [-0.15, -0.1) is 0 Å². The third kappa shape index (κ3) is 25.4. The fourth-order valence-electron chi connectivity index (χ4n) is 4.20. The van der Waals surface area contributed by atoms with Gasteiger partial charge in [-0.25, -0.2) is 8.42 Å². The molecule has 0 aliphatic heterocycles. The minimum absolute atomic E-state index is 0. The van der Waals surface area contributed by atoms with Crippen LogP contribution in [-0.4, -0.2) is 148 Å². The molecule has 0 fully saturated rings. The molecule has 55 heavy (non-hydrogen) atoms. The Labute approximate surface area is 436 Å². The molecule has 0 aliphatic rings. The zero-order chi connectivity index (χ0) is 40.1. The Bertz CT molecular complexity index is 1700. The summed E-state index contributed by atoms with van der Waals surface area (Å²) in [4.78, 5) is 21.2. The van der Waals surface area contributed by atoms with Gasteiger partial charge < -0.3 is 42.0 Å². The second-order valence-corrected chi connectivity index (χ2v) is 18.3. The van der Waals surface area contributed by atoms with Gasteiger partial charge >= 0.3 is 51.4 Å². The molecule has 0 aromatic heterocycles. The van der Waals surface area contributed by atoms with Gasteiger partial charge in [0, 0.05) is 172 Å². The average Bonchev–Trinajstić information content (AvgIpc) is 3.16. The Morgan fingerprint density at radius 2 is 1.11 bits per heavy atom. The standard InChI is InChI=1S/C16H23N3OS2.C12H12ClNO2S.C4H12N2S2.CH2O3.2K.OS/c1-19(2)15-7-3-6-14-13(15)5-4-8-16(14)20-18-10-12-22-21-11-9-17;1-14(2)11-7-3-6-10-9(11)5-4-8-12(10)17(13,15)16;5-1-3-7-8-4-2-6;2-1-4-3;;;1-2/h3-8,18H,9-12,17H2,1-2H3;3-8H,1-2H3;1-6H2;1,3H;;;/q;;;;;+1;/p-1. The van der Waals surface area contributed by atoms with Crippen LogP contribution in [0.5, 0.6) is 5.75 Å². The minimum Gasteiger partial charge on any atom is -0.662 e. The maximum Gasteiger partial charge on any atom is 1.00 e. The maximum atomic E-state index is 11.5. The maximum absolute atomic E-state index is 11.5. The van der Waals surface area contributed by atoms with E-state index >= 15 is 0 Å². The summed E-state index contributed by atoms with van der Waals surface area (Å²) in [6.07, 6.45) is 0. The van der Waals surface area contributed by atoms with Crippen molar-refractivity contribution in [2.45, 2.75) is 4.90 Å². The van der Waals surface area contributed by atoms with Gasteiger partial charge in [-0.1, -0.05) is 91.7 Å². The largest absolute Gasteiger partial charge is 1.00 e. The SMILES string of the molecule is CN(C)c1cccc2c(ONCCSSCCN)cccc12.CN(C)c1cccc2c(S(=O)(=O)Cl)cccc12.NCCSSCCN.O=CO[O-].O=S.[K+].[K]. The van der Waals surface area contributed by atoms with Crippen molar-refractivity contribution in [1.29, 1.82) is 0 Å². The number of anilines is 2. The van der Waals surface area contributed by atoms with E-state index in [4.69, 9.17) is 47.0 Å². The Balaban J connectivity index is -0.000000727. The molecule has 1 radical (unpaired) electrons. The fourth-order valence-corrected chi connectivity index (χ4v) is 8.75. The Kier molecular flexibility index (Phi) is 41.6. The van der Waals surface area contributed by atoms with Crippen LogP contribution < -0.4 is 94.0 Å². The number of hydrogen-bond acceptors (Lipinski definition) is 18. The van der Waals surface area contributed by atoms with Gasteiger partial charge in [0.05, 0.1) is 4.90 Å². The van der Waals surface area contributed by atoms with Crippen molar-refractivity contribution < 1.29 is 83.8 Å². The van der Waals surface area contributed by atoms with Gasteiger partial charge in [-0.2, -0.15) is 9.69 Å². The summed E-state index contributed by atoms with van der Waals surface area (Å²) in [6, 6.07) is 23.0. The molecule has 22 heteroatoms. The third-order valence-corrected chi connectivity index (χ3v) is 12.5. The smallest absolute Gasteiger partial charge is 0.662 e. The summed E-state index contributed by atoms with van der Waals surface area (Å²) < 4.78 is 30.8. The molecule has 0 atom stereocenters. The van der Waals surface area contributed by atoms with Crippen LogP contribution in [-0.2, 0) is 31.3 Å². The van der Waals surface area contributed by atoms with Crippen molar-refractivity contribution in [2.24, 2.45) is 17.2 Å². The molecule has 0 amide bonds. The van der Waals surface area contributed by atoms with E-state index in [1.165, 1.54) is 17.1 Å². The molecule has 4 aromatic rings. The van der Waals surface area contributed by atoms with Crippen LogP contribution in [0.25, 0.3) is 21.5 Å². The van der Waals surface area contributed by atoms with Crippen LogP contribution in [0.2, 0.25) is 0 Å². The first-order valence-electron chi connectivity index (χ1n) is 15.7. The van der Waals surface area contributed by atoms with Crippen molar-refractivity contribution in [3.63, 3.8) is 0 Å². The number of rotatable bonds is 17. The summed E-state index contributed by atoms with van der Waals surface area (Å²) >= 11 is 2.83. The first kappa shape index (κ1) is 60.3. The van der Waals surface area contributed by atoms with Crippen molar-refractivity contribution in [3.8, 4) is 5.75 Å². The normalized spacial score (nSPS) is 9.84. The molecule has 0 spiro atoms. The van der Waals surface area contributed by atoms with E-state index in [0.29, 0.717) is 5.39 Å². The molecular formula is C33H48ClK2N6O7S6. The van der Waals surface area contributed by atoms with Crippen LogP contribution in [0.1, 0.15) is 0 Å². The molecule has 297 valence electrons. The van der Waals surface area contributed by atoms with Crippen molar-refractivity contribution >= 4 is 166 Å². The van der Waals surface area contributed by atoms with E-state index < -0.39 is 9.05 Å². The molecule has 0 aliphatic carbocycles. The van der Waals surface area contributed by atoms with Crippen LogP contribution in [0.3, 0.4) is 0 Å². The number of hydroxylamine groups is 1. The number of nitrogens with two attached hydrogens (primary N) is 3. The monoisotopic (exact) mass is 945 g/mol. The Hall–Kier alpha value is 1.00. The van der Waals surface area contributed by atoms with Gasteiger partial charge in [0.25, 0.3) is 15.5 Å². The number of nitrogens with one attached hydrogen (secondary N) is 1. The summed E-state index contributed by atoms with van der Waals surface area (Å²) in [5.41, 5.74) is 21.1. The van der Waals surface area contributed by atoms with Gasteiger partial charge in [-0.05, 0) is 24.3 Å². The first-order valence-corrected chi connectivity index (χ1v) is 23.3. The predicted molar refractivity (Wildman–Crippen MR) is 236 cm³/mol. The fraction of sp³-hybridized carbons (Fsp3) is 0.364. The van der Waals surface area contributed by atoms with Crippen LogP contribution in [0, 0.1) is 0 Å². The van der Waals surface area contributed by atoms with E-state index in [1.54, 1.807) is 44.5 Å². The summed E-state index contributed by atoms with van der Waals surface area (Å²) in [6.45, 7) is 2.88. The molecule has 4 rings (SSSR count). The van der Waals surface area contributed by atoms with Gasteiger partial charge in [-0.3, -0.25) is 4.79 Å². The number of fused-ring (bicyclic) bond motifs is 2. The van der Waals surface area contributed by atoms with Crippen molar-refractivity contribution in [1.82, 2.24) is 5.48 Å². The molecule has 0 unspecified atom stereocenters. The molecule has 0 saturated carbocycles. The molecule has 7 N–H and O–H groups in total. The van der Waals surface area contributed by atoms with Crippen LogP contribution >= 0.6 is 53.9 Å². The van der Waals surface area contributed by atoms with E-state index in [2.05, 4.69) is 66.2 Å². The zero-order valence-corrected chi connectivity index (χ0v) is 43.9. The van der Waals surface area contributed by atoms with E-state index in [1.807, 2.05) is 60.1 Å². The number of halogens is 1. The molecule has 13 nitrogen and oxygen atoms in total.